The van der Waals surface area contributed by atoms with Crippen LogP contribution in [-0.4, -0.2) is 17.7 Å². The standard InChI is InChI=1S/C18H16N4O3/c1-12(23)20-14-6-4-5-13(11-14)18(25)22-16-8-3-2-7-15(16)21-17(24)9-10-19/h2-8,11H,9H2,1H3,(H,20,23)(H,21,24)(H,22,25). The average Bonchev–Trinajstić information content (AvgIpc) is 2.56. The second-order valence-electron chi connectivity index (χ2n) is 5.14. The highest BCUT2D eigenvalue weighted by Gasteiger charge is 2.11. The molecule has 0 unspecified atom stereocenters. The minimum Gasteiger partial charge on any atom is -0.326 e. The predicted molar refractivity (Wildman–Crippen MR) is 94.0 cm³/mol. The third-order valence-electron chi connectivity index (χ3n) is 3.13. The molecular weight excluding hydrogens is 320 g/mol. The molecule has 0 bridgehead atoms. The molecule has 2 rings (SSSR count). The first-order valence-electron chi connectivity index (χ1n) is 7.44. The molecule has 3 amide bonds. The molecule has 126 valence electrons. The third-order valence-corrected chi connectivity index (χ3v) is 3.13. The molecule has 7 heteroatoms. The van der Waals surface area contributed by atoms with Crippen LogP contribution in [0.3, 0.4) is 0 Å². The van der Waals surface area contributed by atoms with E-state index in [-0.39, 0.29) is 12.3 Å². The SMILES string of the molecule is CC(=O)Nc1cccc(C(=O)Nc2ccccc2NC(=O)CC#N)c1. The van der Waals surface area contributed by atoms with Gasteiger partial charge in [0.25, 0.3) is 5.91 Å². The summed E-state index contributed by atoms with van der Waals surface area (Å²) >= 11 is 0. The maximum absolute atomic E-state index is 12.4. The van der Waals surface area contributed by atoms with Gasteiger partial charge >= 0.3 is 0 Å². The quantitative estimate of drug-likeness (QED) is 0.779. The number of benzene rings is 2. The van der Waals surface area contributed by atoms with Crippen molar-refractivity contribution in [3.63, 3.8) is 0 Å². The van der Waals surface area contributed by atoms with Crippen LogP contribution in [0.25, 0.3) is 0 Å². The summed E-state index contributed by atoms with van der Waals surface area (Å²) in [6.07, 6.45) is -0.277. The van der Waals surface area contributed by atoms with Gasteiger partial charge in [0.05, 0.1) is 17.4 Å². The molecule has 0 spiro atoms. The molecule has 7 nitrogen and oxygen atoms in total. The van der Waals surface area contributed by atoms with Gasteiger partial charge in [-0.15, -0.1) is 0 Å². The zero-order chi connectivity index (χ0) is 18.2. The first kappa shape index (κ1) is 17.7. The molecule has 0 saturated carbocycles. The van der Waals surface area contributed by atoms with Crippen molar-refractivity contribution in [3.05, 3.63) is 54.1 Å². The highest BCUT2D eigenvalue weighted by Crippen LogP contribution is 2.22. The van der Waals surface area contributed by atoms with E-state index in [4.69, 9.17) is 5.26 Å². The molecule has 0 fully saturated rings. The smallest absolute Gasteiger partial charge is 0.255 e. The van der Waals surface area contributed by atoms with Gasteiger partial charge in [0, 0.05) is 18.2 Å². The minimum atomic E-state index is -0.461. The fourth-order valence-electron chi connectivity index (χ4n) is 2.10. The topological polar surface area (TPSA) is 111 Å². The molecule has 0 atom stereocenters. The summed E-state index contributed by atoms with van der Waals surface area (Å²) in [5, 5.41) is 16.4. The van der Waals surface area contributed by atoms with Crippen LogP contribution in [0.4, 0.5) is 17.1 Å². The maximum Gasteiger partial charge on any atom is 0.255 e. The largest absolute Gasteiger partial charge is 0.326 e. The molecule has 2 aromatic carbocycles. The molecule has 0 aromatic heterocycles. The van der Waals surface area contributed by atoms with Crippen LogP contribution in [0.5, 0.6) is 0 Å². The van der Waals surface area contributed by atoms with Gasteiger partial charge < -0.3 is 16.0 Å². The van der Waals surface area contributed by atoms with Crippen LogP contribution in [0, 0.1) is 11.3 Å². The number of para-hydroxylation sites is 2. The molecule has 25 heavy (non-hydrogen) atoms. The van der Waals surface area contributed by atoms with Crippen LogP contribution in [-0.2, 0) is 9.59 Å². The van der Waals surface area contributed by atoms with Gasteiger partial charge in [0.2, 0.25) is 11.8 Å². The fourth-order valence-corrected chi connectivity index (χ4v) is 2.10. The fraction of sp³-hybridized carbons (Fsp3) is 0.111. The minimum absolute atomic E-state index is 0.233. The number of hydrogen-bond acceptors (Lipinski definition) is 4. The Bertz CT molecular complexity index is 855. The van der Waals surface area contributed by atoms with Crippen LogP contribution in [0.1, 0.15) is 23.7 Å². The summed E-state index contributed by atoms with van der Waals surface area (Å²) in [7, 11) is 0. The molecule has 2 aromatic rings. The van der Waals surface area contributed by atoms with Gasteiger partial charge in [0.15, 0.2) is 0 Å². The number of nitrogens with one attached hydrogen (secondary N) is 3. The number of carbonyl (C=O) groups is 3. The lowest BCUT2D eigenvalue weighted by Crippen LogP contribution is -2.16. The first-order chi connectivity index (χ1) is 12.0. The number of rotatable bonds is 5. The molecular formula is C18H16N4O3. The Kier molecular flexibility index (Phi) is 5.85. The maximum atomic E-state index is 12.4. The second kappa shape index (κ2) is 8.26. The van der Waals surface area contributed by atoms with Crippen LogP contribution < -0.4 is 16.0 Å². The second-order valence-corrected chi connectivity index (χ2v) is 5.14. The Hall–Kier alpha value is -3.66. The molecule has 0 aliphatic rings. The van der Waals surface area contributed by atoms with Crippen molar-refractivity contribution >= 4 is 34.8 Å². The van der Waals surface area contributed by atoms with Crippen molar-refractivity contribution in [1.29, 1.82) is 5.26 Å². The summed E-state index contributed by atoms with van der Waals surface area (Å²) < 4.78 is 0. The Balaban J connectivity index is 2.17. The van der Waals surface area contributed by atoms with Crippen molar-refractivity contribution in [2.24, 2.45) is 0 Å². The van der Waals surface area contributed by atoms with Gasteiger partial charge in [-0.25, -0.2) is 0 Å². The predicted octanol–water partition coefficient (Wildman–Crippen LogP) is 2.75. The lowest BCUT2D eigenvalue weighted by Gasteiger charge is -2.12. The molecule has 0 radical (unpaired) electrons. The normalized spacial score (nSPS) is 9.60. The number of nitrogens with zero attached hydrogens (tertiary/aromatic N) is 1. The zero-order valence-corrected chi connectivity index (χ0v) is 13.5. The number of carbonyl (C=O) groups excluding carboxylic acids is 3. The number of hydrogen-bond donors (Lipinski definition) is 3. The average molecular weight is 336 g/mol. The molecule has 0 heterocycles. The van der Waals surface area contributed by atoms with Gasteiger partial charge in [0.1, 0.15) is 6.42 Å². The Labute approximate surface area is 144 Å². The van der Waals surface area contributed by atoms with E-state index < -0.39 is 11.8 Å². The lowest BCUT2D eigenvalue weighted by atomic mass is 10.1. The van der Waals surface area contributed by atoms with Crippen molar-refractivity contribution in [2.45, 2.75) is 13.3 Å². The highest BCUT2D eigenvalue weighted by atomic mass is 16.2. The third kappa shape index (κ3) is 5.18. The van der Waals surface area contributed by atoms with Gasteiger partial charge in [-0.2, -0.15) is 5.26 Å². The Morgan fingerprint density at radius 2 is 1.64 bits per heavy atom. The van der Waals surface area contributed by atoms with Crippen LogP contribution in [0.15, 0.2) is 48.5 Å². The molecule has 3 N–H and O–H groups in total. The molecule has 0 aliphatic carbocycles. The number of nitriles is 1. The van der Waals surface area contributed by atoms with Crippen molar-refractivity contribution < 1.29 is 14.4 Å². The van der Waals surface area contributed by atoms with E-state index in [0.29, 0.717) is 22.6 Å². The molecule has 0 saturated heterocycles. The number of anilines is 3. The van der Waals surface area contributed by atoms with Crippen molar-refractivity contribution in [3.8, 4) is 6.07 Å². The summed E-state index contributed by atoms with van der Waals surface area (Å²) in [6.45, 7) is 1.38. The summed E-state index contributed by atoms with van der Waals surface area (Å²) in [5.74, 6) is -1.09. The van der Waals surface area contributed by atoms with E-state index in [1.165, 1.54) is 6.92 Å². The summed E-state index contributed by atoms with van der Waals surface area (Å²) in [6, 6.07) is 14.9. The lowest BCUT2D eigenvalue weighted by molar-refractivity contribution is -0.115. The van der Waals surface area contributed by atoms with E-state index in [1.807, 2.05) is 0 Å². The Morgan fingerprint density at radius 1 is 0.960 bits per heavy atom. The highest BCUT2D eigenvalue weighted by molar-refractivity contribution is 6.08. The van der Waals surface area contributed by atoms with E-state index in [9.17, 15) is 14.4 Å². The van der Waals surface area contributed by atoms with Crippen LogP contribution >= 0.6 is 0 Å². The summed E-state index contributed by atoms with van der Waals surface area (Å²) in [4.78, 5) is 35.1. The van der Waals surface area contributed by atoms with Gasteiger partial charge in [-0.1, -0.05) is 18.2 Å². The molecule has 0 aliphatic heterocycles. The van der Waals surface area contributed by atoms with E-state index in [2.05, 4.69) is 16.0 Å². The van der Waals surface area contributed by atoms with Crippen molar-refractivity contribution in [1.82, 2.24) is 0 Å². The van der Waals surface area contributed by atoms with Gasteiger partial charge in [-0.3, -0.25) is 14.4 Å². The monoisotopic (exact) mass is 336 g/mol. The number of amides is 3. The van der Waals surface area contributed by atoms with Gasteiger partial charge in [-0.05, 0) is 30.3 Å². The zero-order valence-electron chi connectivity index (χ0n) is 13.5. The first-order valence-corrected chi connectivity index (χ1v) is 7.44. The summed E-state index contributed by atoms with van der Waals surface area (Å²) in [5.41, 5.74) is 1.66. The Morgan fingerprint density at radius 3 is 2.28 bits per heavy atom. The van der Waals surface area contributed by atoms with E-state index in [1.54, 1.807) is 54.6 Å². The van der Waals surface area contributed by atoms with E-state index in [0.717, 1.165) is 0 Å². The van der Waals surface area contributed by atoms with Crippen molar-refractivity contribution in [2.75, 3.05) is 16.0 Å². The van der Waals surface area contributed by atoms with E-state index >= 15 is 0 Å². The van der Waals surface area contributed by atoms with Crippen LogP contribution in [0.2, 0.25) is 0 Å².